The third kappa shape index (κ3) is 6.29. The Labute approximate surface area is 185 Å². The van der Waals surface area contributed by atoms with E-state index in [9.17, 15) is 4.79 Å². The van der Waals surface area contributed by atoms with E-state index in [1.807, 2.05) is 12.1 Å². The van der Waals surface area contributed by atoms with Crippen LogP contribution in [0.5, 0.6) is 0 Å². The zero-order valence-corrected chi connectivity index (χ0v) is 18.8. The lowest BCUT2D eigenvalue weighted by molar-refractivity contribution is -0.914. The summed E-state index contributed by atoms with van der Waals surface area (Å²) in [6, 6.07) is 19.1. The van der Waals surface area contributed by atoms with E-state index in [4.69, 9.17) is 4.74 Å². The fourth-order valence-electron chi connectivity index (χ4n) is 4.86. The fraction of sp³-hybridized carbons (Fsp3) is 0.480. The number of hydrogen-bond donors (Lipinski definition) is 3. The van der Waals surface area contributed by atoms with Crippen molar-refractivity contribution in [1.82, 2.24) is 0 Å². The van der Waals surface area contributed by atoms with Crippen LogP contribution in [0.2, 0.25) is 0 Å². The van der Waals surface area contributed by atoms with Gasteiger partial charge in [0.05, 0.1) is 26.2 Å². The second kappa shape index (κ2) is 10.3. The lowest BCUT2D eigenvalue weighted by Crippen LogP contribution is -3.16. The molecule has 2 aliphatic heterocycles. The van der Waals surface area contributed by atoms with Gasteiger partial charge in [-0.2, -0.15) is 0 Å². The lowest BCUT2D eigenvalue weighted by Gasteiger charge is -2.33. The first kappa shape index (κ1) is 21.8. The maximum Gasteiger partial charge on any atom is 0.279 e. The van der Waals surface area contributed by atoms with Crippen molar-refractivity contribution in [2.45, 2.75) is 32.6 Å². The molecule has 0 bridgehead atoms. The molecule has 6 nitrogen and oxygen atoms in total. The molecule has 0 aliphatic carbocycles. The van der Waals surface area contributed by atoms with E-state index in [0.29, 0.717) is 6.54 Å². The summed E-state index contributed by atoms with van der Waals surface area (Å²) >= 11 is 0. The number of quaternary nitrogens is 2. The number of hydrogen-bond acceptors (Lipinski definition) is 3. The van der Waals surface area contributed by atoms with E-state index in [1.165, 1.54) is 16.2 Å². The SMILES string of the molecule is C[C@H]1C[NH+](CC(=O)Nc2ccc(N3CC[NH+](Cc4ccccc4)CC3)cc2)C[C@H](C)O1. The number of nitrogens with one attached hydrogen (secondary N) is 3. The topological polar surface area (TPSA) is 50.5 Å². The number of rotatable bonds is 6. The van der Waals surface area contributed by atoms with Crippen LogP contribution in [0.25, 0.3) is 0 Å². The van der Waals surface area contributed by atoms with Gasteiger partial charge in [0.2, 0.25) is 0 Å². The van der Waals surface area contributed by atoms with Gasteiger partial charge in [-0.15, -0.1) is 0 Å². The number of carbonyl (C=O) groups is 1. The van der Waals surface area contributed by atoms with Crippen LogP contribution in [-0.2, 0) is 16.1 Å². The summed E-state index contributed by atoms with van der Waals surface area (Å²) in [5.74, 6) is 0.0715. The Kier molecular flexibility index (Phi) is 7.22. The Hall–Kier alpha value is -2.41. The third-order valence-electron chi connectivity index (χ3n) is 6.31. The molecule has 6 heteroatoms. The molecule has 0 saturated carbocycles. The standard InChI is InChI=1S/C25H34N4O2/c1-20-16-28(17-21(2)31-20)19-25(30)26-23-8-10-24(11-9-23)29-14-12-27(13-15-29)18-22-6-4-3-5-7-22/h3-11,20-21H,12-19H2,1-2H3,(H,26,30)/p+2/t20-,21-/m0/s1. The Balaban J connectivity index is 1.23. The van der Waals surface area contributed by atoms with Crippen LogP contribution >= 0.6 is 0 Å². The molecule has 0 unspecified atom stereocenters. The zero-order valence-electron chi connectivity index (χ0n) is 18.8. The molecule has 1 amide bonds. The van der Waals surface area contributed by atoms with Gasteiger partial charge in [-0.1, -0.05) is 30.3 Å². The summed E-state index contributed by atoms with van der Waals surface area (Å²) in [7, 11) is 0. The quantitative estimate of drug-likeness (QED) is 0.622. The average molecular weight is 425 g/mol. The first-order valence-electron chi connectivity index (χ1n) is 11.6. The van der Waals surface area contributed by atoms with Crippen LogP contribution in [0.4, 0.5) is 11.4 Å². The van der Waals surface area contributed by atoms with Crippen LogP contribution in [0.1, 0.15) is 19.4 Å². The molecule has 2 aliphatic rings. The van der Waals surface area contributed by atoms with Gasteiger partial charge in [0.25, 0.3) is 5.91 Å². The highest BCUT2D eigenvalue weighted by molar-refractivity contribution is 5.91. The summed E-state index contributed by atoms with van der Waals surface area (Å²) in [5, 5.41) is 3.06. The van der Waals surface area contributed by atoms with Crippen molar-refractivity contribution in [2.24, 2.45) is 0 Å². The van der Waals surface area contributed by atoms with E-state index < -0.39 is 0 Å². The molecule has 2 atom stereocenters. The Morgan fingerprint density at radius 3 is 2.26 bits per heavy atom. The van der Waals surface area contributed by atoms with Crippen molar-refractivity contribution in [3.8, 4) is 0 Å². The molecule has 2 aromatic carbocycles. The van der Waals surface area contributed by atoms with Crippen LogP contribution in [0, 0.1) is 0 Å². The van der Waals surface area contributed by atoms with Gasteiger partial charge >= 0.3 is 0 Å². The highest BCUT2D eigenvalue weighted by Gasteiger charge is 2.27. The van der Waals surface area contributed by atoms with Crippen LogP contribution in [0.15, 0.2) is 54.6 Å². The van der Waals surface area contributed by atoms with Crippen molar-refractivity contribution in [1.29, 1.82) is 0 Å². The third-order valence-corrected chi connectivity index (χ3v) is 6.31. The summed E-state index contributed by atoms with van der Waals surface area (Å²) in [6.45, 7) is 11.9. The lowest BCUT2D eigenvalue weighted by atomic mass is 10.2. The number of anilines is 2. The van der Waals surface area contributed by atoms with E-state index in [1.54, 1.807) is 4.90 Å². The maximum atomic E-state index is 12.5. The molecule has 4 rings (SSSR count). The highest BCUT2D eigenvalue weighted by Crippen LogP contribution is 2.18. The van der Waals surface area contributed by atoms with Gasteiger partial charge in [-0.05, 0) is 38.1 Å². The van der Waals surface area contributed by atoms with Crippen molar-refractivity contribution in [2.75, 3.05) is 56.0 Å². The van der Waals surface area contributed by atoms with E-state index in [0.717, 1.165) is 51.5 Å². The van der Waals surface area contributed by atoms with Crippen LogP contribution in [-0.4, -0.2) is 63.9 Å². The second-order valence-corrected chi connectivity index (χ2v) is 9.09. The Morgan fingerprint density at radius 2 is 1.61 bits per heavy atom. The number of ether oxygens (including phenoxy) is 1. The molecule has 2 aromatic rings. The molecule has 2 heterocycles. The van der Waals surface area contributed by atoms with Gasteiger partial charge in [-0.25, -0.2) is 0 Å². The summed E-state index contributed by atoms with van der Waals surface area (Å²) < 4.78 is 5.76. The van der Waals surface area contributed by atoms with Gasteiger partial charge in [0.15, 0.2) is 6.54 Å². The Bertz CT molecular complexity index is 824. The first-order chi connectivity index (χ1) is 15.0. The average Bonchev–Trinajstić information content (AvgIpc) is 2.75. The molecule has 0 aromatic heterocycles. The monoisotopic (exact) mass is 424 g/mol. The fourth-order valence-corrected chi connectivity index (χ4v) is 4.86. The van der Waals surface area contributed by atoms with Gasteiger partial charge < -0.3 is 24.8 Å². The molecule has 31 heavy (non-hydrogen) atoms. The number of nitrogens with zero attached hydrogens (tertiary/aromatic N) is 1. The van der Waals surface area contributed by atoms with Crippen molar-refractivity contribution < 1.29 is 19.3 Å². The van der Waals surface area contributed by atoms with Crippen molar-refractivity contribution in [3.05, 3.63) is 60.2 Å². The van der Waals surface area contributed by atoms with Crippen molar-refractivity contribution >= 4 is 17.3 Å². The molecule has 166 valence electrons. The number of benzene rings is 2. The number of morpholine rings is 1. The molecular weight excluding hydrogens is 388 g/mol. The molecule has 3 N–H and O–H groups in total. The van der Waals surface area contributed by atoms with Crippen LogP contribution < -0.4 is 20.0 Å². The van der Waals surface area contributed by atoms with E-state index >= 15 is 0 Å². The number of carbonyl (C=O) groups excluding carboxylic acids is 1. The predicted molar refractivity (Wildman–Crippen MR) is 124 cm³/mol. The maximum absolute atomic E-state index is 12.5. The highest BCUT2D eigenvalue weighted by atomic mass is 16.5. The first-order valence-corrected chi connectivity index (χ1v) is 11.6. The smallest absolute Gasteiger partial charge is 0.279 e. The second-order valence-electron chi connectivity index (χ2n) is 9.09. The largest absolute Gasteiger partial charge is 0.364 e. The minimum atomic E-state index is 0.0715. The summed E-state index contributed by atoms with van der Waals surface area (Å²) in [6.07, 6.45) is 0.418. The number of amides is 1. The summed E-state index contributed by atoms with van der Waals surface area (Å²) in [4.78, 5) is 17.9. The molecule has 0 radical (unpaired) electrons. The molecule has 0 spiro atoms. The van der Waals surface area contributed by atoms with Gasteiger partial charge in [-0.3, -0.25) is 4.79 Å². The zero-order chi connectivity index (χ0) is 21.6. The van der Waals surface area contributed by atoms with Crippen molar-refractivity contribution in [3.63, 3.8) is 0 Å². The summed E-state index contributed by atoms with van der Waals surface area (Å²) in [5.41, 5.74) is 3.52. The van der Waals surface area contributed by atoms with E-state index in [-0.39, 0.29) is 18.1 Å². The predicted octanol–water partition coefficient (Wildman–Crippen LogP) is 0.222. The van der Waals surface area contributed by atoms with Gasteiger partial charge in [0.1, 0.15) is 31.8 Å². The molecular formula is C25H36N4O2+2. The number of piperazine rings is 1. The minimum absolute atomic E-state index is 0.0715. The molecule has 2 saturated heterocycles. The Morgan fingerprint density at radius 1 is 0.968 bits per heavy atom. The normalized spacial score (nSPS) is 24.7. The minimum Gasteiger partial charge on any atom is -0.364 e. The van der Waals surface area contributed by atoms with Gasteiger partial charge in [0, 0.05) is 16.9 Å². The van der Waals surface area contributed by atoms with Crippen LogP contribution in [0.3, 0.4) is 0 Å². The molecule has 2 fully saturated rings. The van der Waals surface area contributed by atoms with E-state index in [2.05, 4.69) is 66.5 Å².